The highest BCUT2D eigenvalue weighted by molar-refractivity contribution is 5.94. The first-order chi connectivity index (χ1) is 12.6. The number of hydrogen-bond acceptors (Lipinski definition) is 3. The molecule has 1 atom stereocenters. The fraction of sp³-hybridized carbons (Fsp3) is 0.550. The maximum absolute atomic E-state index is 13.8. The van der Waals surface area contributed by atoms with Crippen LogP contribution in [-0.2, 0) is 13.0 Å². The van der Waals surface area contributed by atoms with E-state index >= 15 is 0 Å². The van der Waals surface area contributed by atoms with Crippen LogP contribution in [0.2, 0.25) is 0 Å². The van der Waals surface area contributed by atoms with Crippen LogP contribution < -0.4 is 0 Å². The number of fused-ring (bicyclic) bond motifs is 1. The third-order valence-corrected chi connectivity index (χ3v) is 5.63. The van der Waals surface area contributed by atoms with Gasteiger partial charge in [-0.05, 0) is 50.3 Å². The molecule has 0 radical (unpaired) electrons. The highest BCUT2D eigenvalue weighted by atomic mass is 19.1. The summed E-state index contributed by atoms with van der Waals surface area (Å²) in [5, 5.41) is 8.87. The second-order valence-corrected chi connectivity index (χ2v) is 7.49. The van der Waals surface area contributed by atoms with Crippen LogP contribution in [0.3, 0.4) is 0 Å². The molecule has 6 heteroatoms. The summed E-state index contributed by atoms with van der Waals surface area (Å²) in [6, 6.07) is 4.74. The van der Waals surface area contributed by atoms with Crippen molar-refractivity contribution < 1.29 is 9.18 Å². The predicted molar refractivity (Wildman–Crippen MR) is 96.6 cm³/mol. The van der Waals surface area contributed by atoms with Crippen molar-refractivity contribution in [2.45, 2.75) is 57.9 Å². The lowest BCUT2D eigenvalue weighted by molar-refractivity contribution is 0.0702. The highest BCUT2D eigenvalue weighted by Gasteiger charge is 2.30. The van der Waals surface area contributed by atoms with Gasteiger partial charge in [-0.15, -0.1) is 10.2 Å². The van der Waals surface area contributed by atoms with Crippen LogP contribution in [0.4, 0.5) is 4.39 Å². The Morgan fingerprint density at radius 3 is 2.88 bits per heavy atom. The van der Waals surface area contributed by atoms with Gasteiger partial charge in [0.15, 0.2) is 0 Å². The summed E-state index contributed by atoms with van der Waals surface area (Å²) in [7, 11) is 0. The number of piperidine rings is 1. The van der Waals surface area contributed by atoms with E-state index < -0.39 is 0 Å². The molecule has 0 spiro atoms. The van der Waals surface area contributed by atoms with Crippen molar-refractivity contribution in [3.8, 4) is 0 Å². The minimum atomic E-state index is -0.327. The Morgan fingerprint density at radius 2 is 2.04 bits per heavy atom. The van der Waals surface area contributed by atoms with E-state index in [2.05, 4.69) is 14.8 Å². The van der Waals surface area contributed by atoms with Crippen LogP contribution in [-0.4, -0.2) is 38.7 Å². The average Bonchev–Trinajstić information content (AvgIpc) is 2.92. The predicted octanol–water partition coefficient (Wildman–Crippen LogP) is 3.47. The molecular formula is C20H25FN4O. The van der Waals surface area contributed by atoms with Gasteiger partial charge >= 0.3 is 0 Å². The molecule has 1 aromatic heterocycles. The second-order valence-electron chi connectivity index (χ2n) is 7.49. The lowest BCUT2D eigenvalue weighted by Crippen LogP contribution is -2.39. The molecule has 1 amide bonds. The van der Waals surface area contributed by atoms with Crippen LogP contribution in [0.5, 0.6) is 0 Å². The monoisotopic (exact) mass is 356 g/mol. The molecule has 0 N–H and O–H groups in total. The molecule has 0 saturated carbocycles. The SMILES string of the molecule is Cc1ccc(C(=O)N2CCCC(c3nnc4n3CCCCC4)C2)cc1F. The van der Waals surface area contributed by atoms with E-state index in [0.717, 1.165) is 43.9 Å². The van der Waals surface area contributed by atoms with Crippen LogP contribution in [0.1, 0.15) is 65.6 Å². The quantitative estimate of drug-likeness (QED) is 0.828. The van der Waals surface area contributed by atoms with E-state index in [1.165, 1.54) is 18.9 Å². The number of halogens is 1. The summed E-state index contributed by atoms with van der Waals surface area (Å²) in [4.78, 5) is 14.7. The van der Waals surface area contributed by atoms with Gasteiger partial charge < -0.3 is 9.47 Å². The first-order valence-electron chi connectivity index (χ1n) is 9.61. The molecular weight excluding hydrogens is 331 g/mol. The van der Waals surface area contributed by atoms with Gasteiger partial charge in [-0.25, -0.2) is 4.39 Å². The van der Waals surface area contributed by atoms with E-state index in [-0.39, 0.29) is 17.6 Å². The zero-order chi connectivity index (χ0) is 18.1. The third kappa shape index (κ3) is 3.24. The maximum Gasteiger partial charge on any atom is 0.253 e. The van der Waals surface area contributed by atoms with E-state index in [4.69, 9.17) is 0 Å². The number of carbonyl (C=O) groups excluding carboxylic acids is 1. The van der Waals surface area contributed by atoms with E-state index in [1.807, 2.05) is 4.90 Å². The highest BCUT2D eigenvalue weighted by Crippen LogP contribution is 2.29. The Labute approximate surface area is 153 Å². The lowest BCUT2D eigenvalue weighted by atomic mass is 9.96. The van der Waals surface area contributed by atoms with Crippen molar-refractivity contribution in [3.05, 3.63) is 46.8 Å². The molecule has 1 saturated heterocycles. The molecule has 0 bridgehead atoms. The van der Waals surface area contributed by atoms with Gasteiger partial charge in [0, 0.05) is 37.5 Å². The first kappa shape index (κ1) is 17.2. The molecule has 1 fully saturated rings. The van der Waals surface area contributed by atoms with Gasteiger partial charge in [0.05, 0.1) is 0 Å². The lowest BCUT2D eigenvalue weighted by Gasteiger charge is -2.32. The zero-order valence-corrected chi connectivity index (χ0v) is 15.2. The molecule has 138 valence electrons. The summed E-state index contributed by atoms with van der Waals surface area (Å²) in [5.74, 6) is 1.90. The number of aryl methyl sites for hydroxylation is 2. The van der Waals surface area contributed by atoms with Gasteiger partial charge in [-0.3, -0.25) is 4.79 Å². The number of likely N-dealkylation sites (tertiary alicyclic amines) is 1. The molecule has 0 aliphatic carbocycles. The molecule has 26 heavy (non-hydrogen) atoms. The largest absolute Gasteiger partial charge is 0.338 e. The number of nitrogens with zero attached hydrogens (tertiary/aromatic N) is 4. The van der Waals surface area contributed by atoms with Crippen molar-refractivity contribution in [1.82, 2.24) is 19.7 Å². The summed E-state index contributed by atoms with van der Waals surface area (Å²) < 4.78 is 16.1. The van der Waals surface area contributed by atoms with Crippen molar-refractivity contribution in [2.24, 2.45) is 0 Å². The topological polar surface area (TPSA) is 51.0 Å². The Bertz CT molecular complexity index is 816. The van der Waals surface area contributed by atoms with Crippen LogP contribution >= 0.6 is 0 Å². The smallest absolute Gasteiger partial charge is 0.253 e. The number of aromatic nitrogens is 3. The Hall–Kier alpha value is -2.24. The number of rotatable bonds is 2. The van der Waals surface area contributed by atoms with Gasteiger partial charge in [0.25, 0.3) is 5.91 Å². The van der Waals surface area contributed by atoms with Gasteiger partial charge in [-0.2, -0.15) is 0 Å². The number of amides is 1. The summed E-state index contributed by atoms with van der Waals surface area (Å²) >= 11 is 0. The standard InChI is InChI=1S/C20H25FN4O/c1-14-8-9-15(12-17(14)21)20(26)24-10-5-6-16(13-24)19-23-22-18-7-3-2-4-11-25(18)19/h8-9,12,16H,2-7,10-11,13H2,1H3. The first-order valence-corrected chi connectivity index (χ1v) is 9.61. The van der Waals surface area contributed by atoms with Gasteiger partial charge in [0.1, 0.15) is 17.5 Å². The molecule has 5 nitrogen and oxygen atoms in total. The van der Waals surface area contributed by atoms with E-state index in [0.29, 0.717) is 24.2 Å². The second kappa shape index (κ2) is 7.17. The summed E-state index contributed by atoms with van der Waals surface area (Å²) in [6.45, 7) is 4.03. The molecule has 3 heterocycles. The Morgan fingerprint density at radius 1 is 1.15 bits per heavy atom. The van der Waals surface area contributed by atoms with E-state index in [9.17, 15) is 9.18 Å². The maximum atomic E-state index is 13.8. The summed E-state index contributed by atoms with van der Waals surface area (Å²) in [5.41, 5.74) is 0.984. The molecule has 4 rings (SSSR count). The molecule has 2 aromatic rings. The molecule has 1 aromatic carbocycles. The van der Waals surface area contributed by atoms with Gasteiger partial charge in [-0.1, -0.05) is 12.5 Å². The van der Waals surface area contributed by atoms with Crippen molar-refractivity contribution in [3.63, 3.8) is 0 Å². The minimum absolute atomic E-state index is 0.0933. The fourth-order valence-corrected chi connectivity index (χ4v) is 4.09. The van der Waals surface area contributed by atoms with Crippen molar-refractivity contribution in [2.75, 3.05) is 13.1 Å². The molecule has 2 aliphatic rings. The van der Waals surface area contributed by atoms with Crippen molar-refractivity contribution >= 4 is 5.91 Å². The van der Waals surface area contributed by atoms with Crippen LogP contribution in [0, 0.1) is 12.7 Å². The Balaban J connectivity index is 1.53. The minimum Gasteiger partial charge on any atom is -0.338 e. The van der Waals surface area contributed by atoms with Gasteiger partial charge in [0.2, 0.25) is 0 Å². The average molecular weight is 356 g/mol. The fourth-order valence-electron chi connectivity index (χ4n) is 4.09. The van der Waals surface area contributed by atoms with Crippen molar-refractivity contribution in [1.29, 1.82) is 0 Å². The number of hydrogen-bond donors (Lipinski definition) is 0. The number of benzene rings is 1. The Kier molecular flexibility index (Phi) is 4.74. The van der Waals surface area contributed by atoms with Crippen LogP contribution in [0.25, 0.3) is 0 Å². The summed E-state index contributed by atoms with van der Waals surface area (Å²) in [6.07, 6.45) is 6.52. The third-order valence-electron chi connectivity index (χ3n) is 5.63. The zero-order valence-electron chi connectivity index (χ0n) is 15.2. The number of carbonyl (C=O) groups is 1. The normalized spacial score (nSPS) is 20.5. The molecule has 2 aliphatic heterocycles. The molecule has 1 unspecified atom stereocenters. The van der Waals surface area contributed by atoms with Crippen LogP contribution in [0.15, 0.2) is 18.2 Å². The van der Waals surface area contributed by atoms with E-state index in [1.54, 1.807) is 19.1 Å².